The number of nitrogens with zero attached hydrogens (tertiary/aromatic N) is 3. The van der Waals surface area contributed by atoms with Gasteiger partial charge in [-0.05, 0) is 31.0 Å². The van der Waals surface area contributed by atoms with Gasteiger partial charge in [-0.15, -0.1) is 0 Å². The van der Waals surface area contributed by atoms with Crippen molar-refractivity contribution in [3.8, 4) is 0 Å². The van der Waals surface area contributed by atoms with Crippen molar-refractivity contribution in [2.24, 2.45) is 0 Å². The molecule has 0 saturated heterocycles. The van der Waals surface area contributed by atoms with Gasteiger partial charge in [-0.25, -0.2) is 13.1 Å². The number of aromatic nitrogens is 3. The Bertz CT molecular complexity index is 1040. The summed E-state index contributed by atoms with van der Waals surface area (Å²) in [5, 5.41) is 10.6. The van der Waals surface area contributed by atoms with Crippen LogP contribution in [0.15, 0.2) is 52.1 Å². The lowest BCUT2D eigenvalue weighted by Gasteiger charge is -2.08. The zero-order chi connectivity index (χ0) is 20.9. The maximum absolute atomic E-state index is 12.3. The smallest absolute Gasteiger partial charge is 0.245 e. The van der Waals surface area contributed by atoms with Gasteiger partial charge in [0.15, 0.2) is 5.76 Å². The van der Waals surface area contributed by atoms with Crippen LogP contribution in [0.25, 0.3) is 0 Å². The maximum Gasteiger partial charge on any atom is 0.245 e. The molecule has 2 aromatic heterocycles. The van der Waals surface area contributed by atoms with E-state index in [-0.39, 0.29) is 35.2 Å². The normalized spacial score (nSPS) is 11.5. The minimum atomic E-state index is -3.76. The number of carbonyl (C=O) groups excluding carboxylic acids is 1. The van der Waals surface area contributed by atoms with Crippen LogP contribution in [0.3, 0.4) is 0 Å². The molecule has 0 unspecified atom stereocenters. The van der Waals surface area contributed by atoms with Gasteiger partial charge in [-0.1, -0.05) is 29.4 Å². The van der Waals surface area contributed by atoms with Crippen molar-refractivity contribution < 1.29 is 17.7 Å². The largest absolute Gasteiger partial charge is 0.360 e. The Labute approximate surface area is 169 Å². The van der Waals surface area contributed by atoms with Crippen LogP contribution in [0.5, 0.6) is 0 Å². The third-order valence-corrected chi connectivity index (χ3v) is 6.00. The summed E-state index contributed by atoms with van der Waals surface area (Å²) < 4.78 is 33.7. The topological polar surface area (TPSA) is 119 Å². The second kappa shape index (κ2) is 9.01. The molecule has 0 saturated carbocycles. The summed E-state index contributed by atoms with van der Waals surface area (Å²) in [5.74, 6) is -0.0254. The van der Waals surface area contributed by atoms with E-state index in [2.05, 4.69) is 20.3 Å². The van der Waals surface area contributed by atoms with Gasteiger partial charge in [0, 0.05) is 31.9 Å². The fourth-order valence-electron chi connectivity index (χ4n) is 2.86. The first kappa shape index (κ1) is 20.7. The Morgan fingerprint density at radius 1 is 1.17 bits per heavy atom. The lowest BCUT2D eigenvalue weighted by molar-refractivity contribution is -0.121. The molecule has 29 heavy (non-hydrogen) atoms. The van der Waals surface area contributed by atoms with Gasteiger partial charge in [0.1, 0.15) is 10.6 Å². The fourth-order valence-corrected chi connectivity index (χ4v) is 4.22. The molecule has 0 radical (unpaired) electrons. The molecule has 1 aromatic carbocycles. The van der Waals surface area contributed by atoms with E-state index in [1.165, 1.54) is 6.92 Å². The van der Waals surface area contributed by atoms with Crippen molar-refractivity contribution in [3.63, 3.8) is 0 Å². The van der Waals surface area contributed by atoms with Gasteiger partial charge >= 0.3 is 0 Å². The van der Waals surface area contributed by atoms with Crippen molar-refractivity contribution in [1.82, 2.24) is 25.0 Å². The van der Waals surface area contributed by atoms with Crippen molar-refractivity contribution in [2.45, 2.75) is 38.3 Å². The van der Waals surface area contributed by atoms with Crippen LogP contribution in [0.4, 0.5) is 0 Å². The molecule has 0 aliphatic heterocycles. The minimum absolute atomic E-state index is 0.0129. The van der Waals surface area contributed by atoms with Crippen LogP contribution >= 0.6 is 0 Å². The van der Waals surface area contributed by atoms with E-state index in [1.807, 2.05) is 41.2 Å². The molecule has 1 amide bonds. The molecule has 2 N–H and O–H groups in total. The molecule has 3 aromatic rings. The second-order valence-corrected chi connectivity index (χ2v) is 8.30. The Balaban J connectivity index is 1.43. The number of sulfonamides is 1. The maximum atomic E-state index is 12.3. The summed E-state index contributed by atoms with van der Waals surface area (Å²) in [6.07, 6.45) is 3.66. The van der Waals surface area contributed by atoms with E-state index in [9.17, 15) is 13.2 Å². The summed E-state index contributed by atoms with van der Waals surface area (Å²) in [4.78, 5) is 12.0. The highest BCUT2D eigenvalue weighted by Crippen LogP contribution is 2.18. The van der Waals surface area contributed by atoms with Crippen LogP contribution in [-0.4, -0.2) is 35.8 Å². The van der Waals surface area contributed by atoms with Crippen LogP contribution < -0.4 is 10.0 Å². The van der Waals surface area contributed by atoms with Crippen LogP contribution in [-0.2, 0) is 27.9 Å². The Hall–Kier alpha value is -2.98. The number of amides is 1. The molecule has 0 aliphatic carbocycles. The highest BCUT2D eigenvalue weighted by atomic mass is 32.2. The monoisotopic (exact) mass is 417 g/mol. The van der Waals surface area contributed by atoms with Crippen LogP contribution in [0, 0.1) is 13.8 Å². The molecular formula is C19H23N5O4S. The number of aryl methyl sites for hydroxylation is 2. The number of carbonyl (C=O) groups is 1. The molecule has 9 nitrogen and oxygen atoms in total. The summed E-state index contributed by atoms with van der Waals surface area (Å²) >= 11 is 0. The Kier molecular flexibility index (Phi) is 6.45. The summed E-state index contributed by atoms with van der Waals surface area (Å²) in [5.41, 5.74) is 2.35. The van der Waals surface area contributed by atoms with Crippen LogP contribution in [0.2, 0.25) is 0 Å². The van der Waals surface area contributed by atoms with Crippen molar-refractivity contribution >= 4 is 15.9 Å². The molecule has 154 valence electrons. The van der Waals surface area contributed by atoms with Gasteiger partial charge in [-0.2, -0.15) is 5.10 Å². The molecule has 0 atom stereocenters. The zero-order valence-electron chi connectivity index (χ0n) is 16.3. The summed E-state index contributed by atoms with van der Waals surface area (Å²) in [6, 6.07) is 9.73. The van der Waals surface area contributed by atoms with E-state index in [0.29, 0.717) is 13.1 Å². The van der Waals surface area contributed by atoms with E-state index < -0.39 is 10.0 Å². The molecule has 0 bridgehead atoms. The van der Waals surface area contributed by atoms with Crippen molar-refractivity contribution in [3.05, 3.63) is 65.3 Å². The average Bonchev–Trinajstić information content (AvgIpc) is 3.30. The third-order valence-electron chi connectivity index (χ3n) is 4.30. The molecule has 0 aliphatic rings. The minimum Gasteiger partial charge on any atom is -0.360 e. The van der Waals surface area contributed by atoms with E-state index in [0.717, 1.165) is 11.1 Å². The first-order valence-electron chi connectivity index (χ1n) is 9.09. The second-order valence-electron chi connectivity index (χ2n) is 6.60. The third kappa shape index (κ3) is 5.52. The van der Waals surface area contributed by atoms with Crippen LogP contribution in [0.1, 0.15) is 29.0 Å². The van der Waals surface area contributed by atoms with E-state index >= 15 is 0 Å². The number of rotatable bonds is 9. The molecule has 2 heterocycles. The van der Waals surface area contributed by atoms with Crippen molar-refractivity contribution in [1.29, 1.82) is 0 Å². The first-order valence-corrected chi connectivity index (χ1v) is 10.6. The Morgan fingerprint density at radius 2 is 1.90 bits per heavy atom. The summed E-state index contributed by atoms with van der Waals surface area (Å²) in [7, 11) is -3.76. The lowest BCUT2D eigenvalue weighted by atomic mass is 10.1. The first-order chi connectivity index (χ1) is 13.8. The summed E-state index contributed by atoms with van der Waals surface area (Å²) in [6.45, 7) is 4.13. The van der Waals surface area contributed by atoms with E-state index in [1.54, 1.807) is 13.1 Å². The molecule has 0 fully saturated rings. The highest BCUT2D eigenvalue weighted by molar-refractivity contribution is 7.89. The quantitative estimate of drug-likeness (QED) is 0.545. The van der Waals surface area contributed by atoms with Gasteiger partial charge in [-0.3, -0.25) is 9.48 Å². The van der Waals surface area contributed by atoms with Gasteiger partial charge in [0.05, 0.1) is 6.54 Å². The lowest BCUT2D eigenvalue weighted by Crippen LogP contribution is -2.31. The standard InChI is InChI=1S/C19H23N5O4S/c1-14-19(15(2)28-23-14)29(26,27)22-10-8-18(25)20-12-16-4-6-17(7-5-16)13-24-11-3-9-21-24/h3-7,9,11,22H,8,10,12-13H2,1-2H3,(H,20,25). The Morgan fingerprint density at radius 3 is 2.52 bits per heavy atom. The molecule has 3 rings (SSSR count). The zero-order valence-corrected chi connectivity index (χ0v) is 17.1. The predicted molar refractivity (Wildman–Crippen MR) is 105 cm³/mol. The van der Waals surface area contributed by atoms with Gasteiger partial charge in [0.25, 0.3) is 0 Å². The number of hydrogen-bond acceptors (Lipinski definition) is 6. The molecular weight excluding hydrogens is 394 g/mol. The number of benzene rings is 1. The van der Waals surface area contributed by atoms with Gasteiger partial charge < -0.3 is 9.84 Å². The predicted octanol–water partition coefficient (Wildman–Crippen LogP) is 1.52. The van der Waals surface area contributed by atoms with Crippen molar-refractivity contribution in [2.75, 3.05) is 6.54 Å². The highest BCUT2D eigenvalue weighted by Gasteiger charge is 2.23. The van der Waals surface area contributed by atoms with Gasteiger partial charge in [0.2, 0.25) is 15.9 Å². The average molecular weight is 417 g/mol. The molecule has 10 heteroatoms. The van der Waals surface area contributed by atoms with E-state index in [4.69, 9.17) is 4.52 Å². The number of hydrogen-bond donors (Lipinski definition) is 2. The number of nitrogens with one attached hydrogen (secondary N) is 2. The fraction of sp³-hybridized carbons (Fsp3) is 0.316. The molecule has 0 spiro atoms. The SMILES string of the molecule is Cc1noc(C)c1S(=O)(=O)NCCC(=O)NCc1ccc(Cn2cccn2)cc1.